The van der Waals surface area contributed by atoms with Crippen LogP contribution < -0.4 is 4.74 Å². The Balaban J connectivity index is 1.78. The molecule has 1 aromatic heterocycles. The second-order valence-corrected chi connectivity index (χ2v) is 5.78. The maximum absolute atomic E-state index is 6.19. The molecule has 2 bridgehead atoms. The summed E-state index contributed by atoms with van der Waals surface area (Å²) in [5.74, 6) is 2.02. The van der Waals surface area contributed by atoms with E-state index in [1.165, 1.54) is 37.8 Å². The molecule has 0 radical (unpaired) electrons. The molecule has 1 unspecified atom stereocenters. The van der Waals surface area contributed by atoms with Gasteiger partial charge in [-0.2, -0.15) is 0 Å². The second-order valence-electron chi connectivity index (χ2n) is 5.78. The van der Waals surface area contributed by atoms with Crippen molar-refractivity contribution in [3.8, 4) is 5.75 Å². The summed E-state index contributed by atoms with van der Waals surface area (Å²) in [6.45, 7) is 0. The van der Waals surface area contributed by atoms with Crippen molar-refractivity contribution in [3.05, 3.63) is 24.0 Å². The van der Waals surface area contributed by atoms with E-state index in [0.29, 0.717) is 11.5 Å². The predicted octanol–water partition coefficient (Wildman–Crippen LogP) is 2.97. The highest BCUT2D eigenvalue weighted by Gasteiger charge is 2.52. The summed E-state index contributed by atoms with van der Waals surface area (Å²) in [6.07, 6.45) is 10.3. The van der Waals surface area contributed by atoms with Crippen molar-refractivity contribution < 1.29 is 4.74 Å². The number of rotatable bonds is 0. The average molecular weight is 215 g/mol. The van der Waals surface area contributed by atoms with E-state index < -0.39 is 0 Å². The van der Waals surface area contributed by atoms with Gasteiger partial charge >= 0.3 is 0 Å². The number of pyridine rings is 1. The minimum Gasteiger partial charge on any atom is -0.488 e. The molecule has 3 aliphatic rings. The van der Waals surface area contributed by atoms with E-state index in [0.717, 1.165) is 18.1 Å². The zero-order valence-corrected chi connectivity index (χ0v) is 9.48. The lowest BCUT2D eigenvalue weighted by Crippen LogP contribution is -2.45. The van der Waals surface area contributed by atoms with Crippen molar-refractivity contribution in [3.63, 3.8) is 0 Å². The van der Waals surface area contributed by atoms with E-state index >= 15 is 0 Å². The van der Waals surface area contributed by atoms with Crippen LogP contribution in [0.25, 0.3) is 0 Å². The van der Waals surface area contributed by atoms with Crippen molar-refractivity contribution in [1.29, 1.82) is 0 Å². The van der Waals surface area contributed by atoms with Gasteiger partial charge in [-0.1, -0.05) is 0 Å². The summed E-state index contributed by atoms with van der Waals surface area (Å²) in [4.78, 5) is 4.50. The maximum Gasteiger partial charge on any atom is 0.141 e. The van der Waals surface area contributed by atoms with E-state index in [4.69, 9.17) is 4.74 Å². The van der Waals surface area contributed by atoms with Crippen LogP contribution in [0.2, 0.25) is 0 Å². The van der Waals surface area contributed by atoms with E-state index in [2.05, 4.69) is 11.1 Å². The van der Waals surface area contributed by atoms with Crippen LogP contribution in [0.5, 0.6) is 5.75 Å². The zero-order valence-electron chi connectivity index (χ0n) is 9.48. The number of aromatic nitrogens is 1. The molecule has 2 heteroatoms. The molecule has 0 amide bonds. The van der Waals surface area contributed by atoms with Gasteiger partial charge in [0.25, 0.3) is 0 Å². The minimum atomic E-state index is 0.449. The van der Waals surface area contributed by atoms with Crippen LogP contribution in [-0.4, -0.2) is 11.1 Å². The van der Waals surface area contributed by atoms with Crippen LogP contribution in [0.1, 0.15) is 37.8 Å². The monoisotopic (exact) mass is 215 g/mol. The fourth-order valence-corrected chi connectivity index (χ4v) is 4.11. The fraction of sp³-hybridized carbons (Fsp3) is 0.643. The predicted molar refractivity (Wildman–Crippen MR) is 61.4 cm³/mol. The average Bonchev–Trinajstić information content (AvgIpc) is 2.64. The highest BCUT2D eigenvalue weighted by atomic mass is 16.5. The highest BCUT2D eigenvalue weighted by Crippen LogP contribution is 2.56. The van der Waals surface area contributed by atoms with Gasteiger partial charge in [0.15, 0.2) is 0 Å². The van der Waals surface area contributed by atoms with Crippen molar-refractivity contribution in [2.24, 2.45) is 11.3 Å². The van der Waals surface area contributed by atoms with Crippen molar-refractivity contribution >= 4 is 0 Å². The minimum absolute atomic E-state index is 0.449. The largest absolute Gasteiger partial charge is 0.488 e. The number of ether oxygens (including phenoxy) is 1. The van der Waals surface area contributed by atoms with Crippen LogP contribution in [-0.2, 0) is 6.42 Å². The molecule has 2 heterocycles. The van der Waals surface area contributed by atoms with Gasteiger partial charge < -0.3 is 4.74 Å². The molecule has 1 spiro atoms. The first-order valence-corrected chi connectivity index (χ1v) is 6.46. The molecule has 2 nitrogen and oxygen atoms in total. The molecular formula is C14H17NO. The van der Waals surface area contributed by atoms with Gasteiger partial charge in [0, 0.05) is 18.0 Å². The Kier molecular flexibility index (Phi) is 1.69. The molecule has 0 saturated heterocycles. The Labute approximate surface area is 96.0 Å². The summed E-state index contributed by atoms with van der Waals surface area (Å²) in [5.41, 5.74) is 1.64. The van der Waals surface area contributed by atoms with E-state index in [1.54, 1.807) is 0 Å². The Morgan fingerprint density at radius 3 is 3.31 bits per heavy atom. The first kappa shape index (κ1) is 9.03. The van der Waals surface area contributed by atoms with Gasteiger partial charge in [0.2, 0.25) is 0 Å². The Hall–Kier alpha value is -1.05. The maximum atomic E-state index is 6.19. The van der Waals surface area contributed by atoms with Gasteiger partial charge in [-0.15, -0.1) is 0 Å². The molecule has 2 fully saturated rings. The molecule has 1 aromatic rings. The molecule has 0 aromatic carbocycles. The Morgan fingerprint density at radius 2 is 2.31 bits per heavy atom. The molecule has 0 N–H and O–H groups in total. The highest BCUT2D eigenvalue weighted by molar-refractivity contribution is 5.32. The third-order valence-corrected chi connectivity index (χ3v) is 4.90. The van der Waals surface area contributed by atoms with Crippen LogP contribution in [0.3, 0.4) is 0 Å². The third-order valence-electron chi connectivity index (χ3n) is 4.90. The number of fused-ring (bicyclic) bond motifs is 2. The summed E-state index contributed by atoms with van der Waals surface area (Å²) in [6, 6.07) is 4.06. The SMILES string of the molecule is c1cnc2c(c1)O[C@H]1CCC3CC[C@@]1(C2)C3. The van der Waals surface area contributed by atoms with Crippen LogP contribution >= 0.6 is 0 Å². The zero-order chi connectivity index (χ0) is 10.6. The smallest absolute Gasteiger partial charge is 0.141 e. The van der Waals surface area contributed by atoms with Crippen molar-refractivity contribution in [1.82, 2.24) is 4.98 Å². The molecule has 4 rings (SSSR count). The van der Waals surface area contributed by atoms with Crippen molar-refractivity contribution in [2.75, 3.05) is 0 Å². The Morgan fingerprint density at radius 1 is 1.31 bits per heavy atom. The second kappa shape index (κ2) is 2.99. The first-order chi connectivity index (χ1) is 7.86. The molecule has 2 saturated carbocycles. The Bertz CT molecular complexity index is 428. The van der Waals surface area contributed by atoms with E-state index in [-0.39, 0.29) is 0 Å². The molecule has 3 atom stereocenters. The van der Waals surface area contributed by atoms with Gasteiger partial charge in [-0.25, -0.2) is 0 Å². The van der Waals surface area contributed by atoms with Gasteiger partial charge in [0.05, 0.1) is 5.69 Å². The quantitative estimate of drug-likeness (QED) is 0.663. The van der Waals surface area contributed by atoms with Crippen molar-refractivity contribution in [2.45, 2.75) is 44.6 Å². The number of hydrogen-bond donors (Lipinski definition) is 0. The molecule has 2 aliphatic carbocycles. The van der Waals surface area contributed by atoms with Gasteiger partial charge in [0.1, 0.15) is 11.9 Å². The summed E-state index contributed by atoms with van der Waals surface area (Å²) in [5, 5.41) is 0. The molecule has 16 heavy (non-hydrogen) atoms. The first-order valence-electron chi connectivity index (χ1n) is 6.46. The summed E-state index contributed by atoms with van der Waals surface area (Å²) < 4.78 is 6.19. The molecular weight excluding hydrogens is 198 g/mol. The van der Waals surface area contributed by atoms with Crippen LogP contribution in [0.4, 0.5) is 0 Å². The van der Waals surface area contributed by atoms with Crippen LogP contribution in [0, 0.1) is 11.3 Å². The molecule has 1 aliphatic heterocycles. The standard InChI is InChI=1S/C14H17NO/c1-2-12-11(15-7-1)9-14-6-5-10(8-14)3-4-13(14)16-12/h1-2,7,10,13H,3-6,8-9H2/t10?,13-,14-/m0/s1. The summed E-state index contributed by atoms with van der Waals surface area (Å²) in [7, 11) is 0. The summed E-state index contributed by atoms with van der Waals surface area (Å²) >= 11 is 0. The number of nitrogens with zero attached hydrogens (tertiary/aromatic N) is 1. The topological polar surface area (TPSA) is 22.1 Å². The van der Waals surface area contributed by atoms with Gasteiger partial charge in [-0.3, -0.25) is 4.98 Å². The van der Waals surface area contributed by atoms with Gasteiger partial charge in [-0.05, 0) is 50.2 Å². The lowest BCUT2D eigenvalue weighted by atomic mass is 9.69. The van der Waals surface area contributed by atoms with E-state index in [9.17, 15) is 0 Å². The fourth-order valence-electron chi connectivity index (χ4n) is 4.11. The van der Waals surface area contributed by atoms with Crippen LogP contribution in [0.15, 0.2) is 18.3 Å². The normalized spacial score (nSPS) is 39.8. The number of hydrogen-bond acceptors (Lipinski definition) is 2. The lowest BCUT2D eigenvalue weighted by molar-refractivity contribution is 0.0000717. The van der Waals surface area contributed by atoms with E-state index in [1.807, 2.05) is 12.3 Å². The third kappa shape index (κ3) is 1.10. The lowest BCUT2D eigenvalue weighted by Gasteiger charge is -2.44. The molecule has 84 valence electrons.